The second-order valence-corrected chi connectivity index (χ2v) is 9.79. The second kappa shape index (κ2) is 8.91. The van der Waals surface area contributed by atoms with Gasteiger partial charge in [-0.25, -0.2) is 14.3 Å². The summed E-state index contributed by atoms with van der Waals surface area (Å²) in [6, 6.07) is 14.2. The lowest BCUT2D eigenvalue weighted by Crippen LogP contribution is -2.24. The molecule has 0 radical (unpaired) electrons. The number of nitrogens with zero attached hydrogens (tertiary/aromatic N) is 5. The van der Waals surface area contributed by atoms with Crippen LogP contribution < -0.4 is 16.2 Å². The quantitative estimate of drug-likeness (QED) is 0.438. The number of carbonyl (C=O) groups excluding carboxylic acids is 1. The topological polar surface area (TPSA) is 97.1 Å². The van der Waals surface area contributed by atoms with Crippen molar-refractivity contribution in [2.45, 2.75) is 38.3 Å². The van der Waals surface area contributed by atoms with Gasteiger partial charge in [-0.3, -0.25) is 9.59 Å². The molecule has 0 atom stereocenters. The number of likely N-dealkylation sites (N-methyl/N-ethyl adjacent to an activating group) is 1. The fourth-order valence-electron chi connectivity index (χ4n) is 4.77. The summed E-state index contributed by atoms with van der Waals surface area (Å²) in [6.07, 6.45) is 4.84. The molecule has 0 unspecified atom stereocenters. The second-order valence-electron chi connectivity index (χ2n) is 9.79. The zero-order chi connectivity index (χ0) is 24.8. The molecule has 2 aromatic heterocycles. The van der Waals surface area contributed by atoms with Crippen LogP contribution in [-0.4, -0.2) is 50.8 Å². The fourth-order valence-corrected chi connectivity index (χ4v) is 4.77. The number of benzene rings is 2. The van der Waals surface area contributed by atoms with Crippen molar-refractivity contribution in [2.24, 2.45) is 0 Å². The van der Waals surface area contributed by atoms with Crippen LogP contribution in [-0.2, 0) is 24.2 Å². The zero-order valence-electron chi connectivity index (χ0n) is 20.5. The van der Waals surface area contributed by atoms with E-state index in [0.29, 0.717) is 23.4 Å². The van der Waals surface area contributed by atoms with Gasteiger partial charge in [0.25, 0.3) is 5.56 Å². The zero-order valence-corrected chi connectivity index (χ0v) is 20.5. The summed E-state index contributed by atoms with van der Waals surface area (Å²) in [7, 11) is 3.50. The summed E-state index contributed by atoms with van der Waals surface area (Å²) in [6.45, 7) is 1.85. The van der Waals surface area contributed by atoms with E-state index in [1.807, 2.05) is 35.0 Å². The lowest BCUT2D eigenvalue weighted by molar-refractivity contribution is -0.127. The molecule has 0 spiro atoms. The monoisotopic (exact) mass is 483 g/mol. The first-order valence-electron chi connectivity index (χ1n) is 12.4. The smallest absolute Gasteiger partial charge is 0.278 e. The van der Waals surface area contributed by atoms with Crippen molar-refractivity contribution in [3.05, 3.63) is 75.7 Å². The van der Waals surface area contributed by atoms with Crippen molar-refractivity contribution in [1.29, 1.82) is 0 Å². The molecule has 0 saturated heterocycles. The van der Waals surface area contributed by atoms with E-state index in [9.17, 15) is 9.59 Å². The third-order valence-corrected chi connectivity index (χ3v) is 6.87. The van der Waals surface area contributed by atoms with Crippen LogP contribution in [0.25, 0.3) is 16.7 Å². The number of hydrogen-bond donors (Lipinski definition) is 2. The number of fused-ring (bicyclic) bond motifs is 2. The van der Waals surface area contributed by atoms with E-state index < -0.39 is 0 Å². The Hall–Kier alpha value is -3.98. The first-order chi connectivity index (χ1) is 17.5. The molecule has 9 nitrogen and oxygen atoms in total. The average Bonchev–Trinajstić information content (AvgIpc) is 3.68. The van der Waals surface area contributed by atoms with Crippen LogP contribution in [0.4, 0.5) is 11.6 Å². The molecule has 9 heteroatoms. The van der Waals surface area contributed by atoms with Crippen LogP contribution in [0.5, 0.6) is 0 Å². The predicted octanol–water partition coefficient (Wildman–Crippen LogP) is 2.94. The minimum Gasteiger partial charge on any atom is -0.349 e. The molecule has 6 rings (SSSR count). The van der Waals surface area contributed by atoms with Gasteiger partial charge in [-0.05, 0) is 66.8 Å². The maximum absolute atomic E-state index is 13.4. The highest BCUT2D eigenvalue weighted by Crippen LogP contribution is 2.35. The van der Waals surface area contributed by atoms with Gasteiger partial charge in [0.1, 0.15) is 5.39 Å². The maximum atomic E-state index is 13.4. The highest BCUT2D eigenvalue weighted by atomic mass is 16.2. The van der Waals surface area contributed by atoms with E-state index in [2.05, 4.69) is 27.8 Å². The van der Waals surface area contributed by atoms with Crippen LogP contribution in [0.2, 0.25) is 0 Å². The number of amides is 1. The molecule has 1 amide bonds. The van der Waals surface area contributed by atoms with E-state index in [0.717, 1.165) is 49.3 Å². The molecule has 2 N–H and O–H groups in total. The Labute approximate surface area is 208 Å². The van der Waals surface area contributed by atoms with Crippen molar-refractivity contribution in [1.82, 2.24) is 29.5 Å². The minimum absolute atomic E-state index is 0.0261. The lowest BCUT2D eigenvalue weighted by Gasteiger charge is -2.18. The fraction of sp³-hybridized carbons (Fsp3) is 0.333. The molecule has 1 aliphatic carbocycles. The average molecular weight is 484 g/mol. The van der Waals surface area contributed by atoms with Crippen molar-refractivity contribution in [2.75, 3.05) is 26.0 Å². The summed E-state index contributed by atoms with van der Waals surface area (Å²) >= 11 is 0. The molecule has 36 heavy (non-hydrogen) atoms. The maximum Gasteiger partial charge on any atom is 0.278 e. The Morgan fingerprint density at radius 2 is 2.03 bits per heavy atom. The Morgan fingerprint density at radius 3 is 2.83 bits per heavy atom. The van der Waals surface area contributed by atoms with E-state index >= 15 is 0 Å². The van der Waals surface area contributed by atoms with Crippen LogP contribution in [0.1, 0.15) is 35.6 Å². The van der Waals surface area contributed by atoms with Gasteiger partial charge in [0.2, 0.25) is 11.9 Å². The SMILES string of the molecule is CN(C)C(=O)Cc1cccc(-n2c3nc(Nc4ccc5c(c4)CNCC5)ncc3c(=O)n2C2CC2)c1. The largest absolute Gasteiger partial charge is 0.349 e. The summed E-state index contributed by atoms with van der Waals surface area (Å²) in [5.41, 5.74) is 5.71. The number of nitrogens with one attached hydrogen (secondary N) is 2. The van der Waals surface area contributed by atoms with Gasteiger partial charge in [-0.2, -0.15) is 4.98 Å². The molecule has 4 aromatic rings. The Balaban J connectivity index is 1.41. The molecular weight excluding hydrogens is 454 g/mol. The molecule has 184 valence electrons. The normalized spacial score (nSPS) is 15.1. The number of anilines is 2. The first kappa shape index (κ1) is 22.5. The predicted molar refractivity (Wildman–Crippen MR) is 139 cm³/mol. The van der Waals surface area contributed by atoms with Gasteiger partial charge in [-0.15, -0.1) is 0 Å². The van der Waals surface area contributed by atoms with E-state index in [-0.39, 0.29) is 17.5 Å². The minimum atomic E-state index is -0.0892. The van der Waals surface area contributed by atoms with Gasteiger partial charge in [-0.1, -0.05) is 18.2 Å². The van der Waals surface area contributed by atoms with Crippen molar-refractivity contribution >= 4 is 28.6 Å². The van der Waals surface area contributed by atoms with E-state index in [1.54, 1.807) is 29.9 Å². The molecule has 2 aromatic carbocycles. The molecule has 1 saturated carbocycles. The molecule has 2 aliphatic rings. The number of carbonyl (C=O) groups is 1. The van der Waals surface area contributed by atoms with Crippen molar-refractivity contribution < 1.29 is 4.79 Å². The van der Waals surface area contributed by atoms with Crippen LogP contribution >= 0.6 is 0 Å². The molecule has 3 heterocycles. The lowest BCUT2D eigenvalue weighted by atomic mass is 10.0. The highest BCUT2D eigenvalue weighted by Gasteiger charge is 2.31. The Kier molecular flexibility index (Phi) is 5.56. The molecular formula is C27H29N7O2. The number of hydrogen-bond acceptors (Lipinski definition) is 6. The third kappa shape index (κ3) is 4.15. The van der Waals surface area contributed by atoms with Crippen LogP contribution in [0, 0.1) is 0 Å². The molecule has 0 bridgehead atoms. The summed E-state index contributed by atoms with van der Waals surface area (Å²) in [5.74, 6) is 0.463. The Morgan fingerprint density at radius 1 is 1.17 bits per heavy atom. The van der Waals surface area contributed by atoms with Gasteiger partial charge < -0.3 is 15.5 Å². The van der Waals surface area contributed by atoms with Crippen LogP contribution in [0.15, 0.2) is 53.5 Å². The summed E-state index contributed by atoms with van der Waals surface area (Å²) < 4.78 is 3.68. The van der Waals surface area contributed by atoms with Gasteiger partial charge >= 0.3 is 0 Å². The summed E-state index contributed by atoms with van der Waals surface area (Å²) in [4.78, 5) is 36.5. The van der Waals surface area contributed by atoms with Crippen molar-refractivity contribution in [3.63, 3.8) is 0 Å². The standard InChI is InChI=1S/C27H29N7O2/c1-32(2)24(35)13-17-4-3-5-22(12-17)33-25-23(26(36)34(33)21-8-9-21)16-29-27(31-25)30-20-7-6-18-10-11-28-15-19(18)14-20/h3-7,12,14,16,21,28H,8-11,13,15H2,1-2H3,(H,29,30,31). The first-order valence-corrected chi connectivity index (χ1v) is 12.4. The number of aromatic nitrogens is 4. The van der Waals surface area contributed by atoms with Gasteiger partial charge in [0, 0.05) is 32.5 Å². The Bertz CT molecular complexity index is 1530. The summed E-state index contributed by atoms with van der Waals surface area (Å²) in [5, 5.41) is 7.21. The molecule has 1 fully saturated rings. The molecule has 1 aliphatic heterocycles. The van der Waals surface area contributed by atoms with E-state index in [4.69, 9.17) is 4.98 Å². The van der Waals surface area contributed by atoms with E-state index in [1.165, 1.54) is 11.1 Å². The van der Waals surface area contributed by atoms with Crippen LogP contribution in [0.3, 0.4) is 0 Å². The van der Waals surface area contributed by atoms with Gasteiger partial charge in [0.05, 0.1) is 18.2 Å². The number of rotatable bonds is 6. The third-order valence-electron chi connectivity index (χ3n) is 6.87. The highest BCUT2D eigenvalue weighted by molar-refractivity contribution is 5.79. The van der Waals surface area contributed by atoms with Crippen molar-refractivity contribution in [3.8, 4) is 5.69 Å². The van der Waals surface area contributed by atoms with Gasteiger partial charge in [0.15, 0.2) is 5.65 Å².